The van der Waals surface area contributed by atoms with Gasteiger partial charge in [0.25, 0.3) is 0 Å². The van der Waals surface area contributed by atoms with E-state index in [0.29, 0.717) is 29.3 Å². The summed E-state index contributed by atoms with van der Waals surface area (Å²) in [6.45, 7) is 5.85. The van der Waals surface area contributed by atoms with Crippen LogP contribution in [0.15, 0.2) is 35.9 Å². The van der Waals surface area contributed by atoms with Gasteiger partial charge < -0.3 is 29.0 Å². The number of aliphatic hydroxyl groups is 1. The summed E-state index contributed by atoms with van der Waals surface area (Å²) in [7, 11) is 4.73. The van der Waals surface area contributed by atoms with Crippen LogP contribution < -0.4 is 15.0 Å². The number of benzene rings is 1. The minimum atomic E-state index is -1.66. The molecule has 2 fully saturated rings. The third-order valence-electron chi connectivity index (χ3n) is 7.84. The molecule has 1 aromatic rings. The number of alkyl carbamates (subject to hydrolysis) is 1. The fourth-order valence-electron chi connectivity index (χ4n) is 5.46. The van der Waals surface area contributed by atoms with Gasteiger partial charge in [0.15, 0.2) is 5.72 Å². The van der Waals surface area contributed by atoms with Gasteiger partial charge in [0.05, 0.1) is 24.5 Å². The third kappa shape index (κ3) is 5.71. The number of epoxide rings is 1. The Morgan fingerprint density at radius 1 is 1.26 bits per heavy atom. The maximum absolute atomic E-state index is 13.2. The van der Waals surface area contributed by atoms with E-state index in [-0.39, 0.29) is 30.8 Å². The molecule has 3 aliphatic heterocycles. The Morgan fingerprint density at radius 2 is 2.00 bits per heavy atom. The zero-order valence-electron chi connectivity index (χ0n) is 22.7. The number of amides is 2. The van der Waals surface area contributed by atoms with E-state index in [1.54, 1.807) is 31.2 Å². The van der Waals surface area contributed by atoms with Gasteiger partial charge in [-0.2, -0.15) is 0 Å². The van der Waals surface area contributed by atoms with Gasteiger partial charge in [-0.05, 0) is 44.4 Å². The summed E-state index contributed by atoms with van der Waals surface area (Å²) in [4.78, 5) is 27.2. The second kappa shape index (κ2) is 10.9. The molecule has 10 heteroatoms. The lowest BCUT2D eigenvalue weighted by molar-refractivity contribution is -0.142. The fourth-order valence-corrected chi connectivity index (χ4v) is 5.78. The van der Waals surface area contributed by atoms with Crippen molar-refractivity contribution in [1.82, 2.24) is 5.32 Å². The Labute approximate surface area is 228 Å². The predicted molar refractivity (Wildman–Crippen MR) is 143 cm³/mol. The second-order valence-corrected chi connectivity index (χ2v) is 11.1. The molecule has 2 saturated heterocycles. The van der Waals surface area contributed by atoms with Crippen LogP contribution in [0.5, 0.6) is 5.75 Å². The Morgan fingerprint density at radius 3 is 2.68 bits per heavy atom. The monoisotopic (exact) mass is 548 g/mol. The number of anilines is 1. The van der Waals surface area contributed by atoms with Crippen LogP contribution in [0.3, 0.4) is 0 Å². The summed E-state index contributed by atoms with van der Waals surface area (Å²) >= 11 is 6.61. The zero-order chi connectivity index (χ0) is 27.8. The molecule has 3 unspecified atom stereocenters. The van der Waals surface area contributed by atoms with Crippen molar-refractivity contribution in [2.45, 2.75) is 76.1 Å². The molecular weight excluding hydrogens is 512 g/mol. The van der Waals surface area contributed by atoms with Crippen molar-refractivity contribution < 1.29 is 33.6 Å². The van der Waals surface area contributed by atoms with Gasteiger partial charge >= 0.3 is 6.09 Å². The molecule has 4 bridgehead atoms. The highest BCUT2D eigenvalue weighted by molar-refractivity contribution is 6.35. The first-order valence-electron chi connectivity index (χ1n) is 12.8. The van der Waals surface area contributed by atoms with Crippen molar-refractivity contribution in [3.8, 4) is 5.75 Å². The molecule has 3 heterocycles. The largest absolute Gasteiger partial charge is 0.495 e. The number of carbonyl (C=O) groups is 2. The van der Waals surface area contributed by atoms with Gasteiger partial charge in [-0.15, -0.1) is 0 Å². The van der Waals surface area contributed by atoms with Crippen molar-refractivity contribution in [2.75, 3.05) is 26.2 Å². The average molecular weight is 549 g/mol. The number of nitrogens with zero attached hydrogens (tertiary/aromatic N) is 1. The Balaban J connectivity index is 1.71. The van der Waals surface area contributed by atoms with Gasteiger partial charge in [-0.1, -0.05) is 42.3 Å². The standard InChI is InChI=1S/C28H37ClN2O7/c1-16-8-7-9-22(36-6)28(34)15-21(37-26(33)30-28)17(2)25-27(3,38-25)11-10-23(32)31(4)19-13-18(12-16)14-20(35-5)24(19)29/h7-9,13-14,17,21-22,25,34H,10-12,15H2,1-6H3,(H,30,33)/b9-7+,16-8+/t17-,21?,22-,25?,27?,28+/m1/s1. The highest BCUT2D eigenvalue weighted by Gasteiger charge is 2.58. The number of hydrogen-bond donors (Lipinski definition) is 2. The van der Waals surface area contributed by atoms with E-state index in [4.69, 9.17) is 30.5 Å². The lowest BCUT2D eigenvalue weighted by Gasteiger charge is -2.42. The first kappa shape index (κ1) is 28.4. The molecule has 6 atom stereocenters. The molecule has 2 amide bonds. The Kier molecular flexibility index (Phi) is 8.14. The maximum Gasteiger partial charge on any atom is 0.409 e. The summed E-state index contributed by atoms with van der Waals surface area (Å²) in [5, 5.41) is 14.3. The summed E-state index contributed by atoms with van der Waals surface area (Å²) in [6.07, 6.45) is 4.46. The van der Waals surface area contributed by atoms with Gasteiger partial charge in [0.2, 0.25) is 5.91 Å². The summed E-state index contributed by atoms with van der Waals surface area (Å²) in [5.41, 5.74) is 0.297. The van der Waals surface area contributed by atoms with Gasteiger partial charge in [-0.3, -0.25) is 10.1 Å². The molecule has 4 rings (SSSR count). The van der Waals surface area contributed by atoms with E-state index in [1.165, 1.54) is 7.11 Å². The van der Waals surface area contributed by atoms with Crippen LogP contribution in [0.25, 0.3) is 0 Å². The topological polar surface area (TPSA) is 110 Å². The fraction of sp³-hybridized carbons (Fsp3) is 0.571. The smallest absolute Gasteiger partial charge is 0.409 e. The number of methoxy groups -OCH3 is 2. The lowest BCUT2D eigenvalue weighted by atomic mass is 9.84. The number of rotatable bonds is 2. The number of halogens is 1. The van der Waals surface area contributed by atoms with Gasteiger partial charge in [-0.25, -0.2) is 4.79 Å². The first-order valence-corrected chi connectivity index (χ1v) is 13.2. The second-order valence-electron chi connectivity index (χ2n) is 10.7. The van der Waals surface area contributed by atoms with Crippen LogP contribution in [0.4, 0.5) is 10.5 Å². The maximum atomic E-state index is 13.2. The van der Waals surface area contributed by atoms with E-state index >= 15 is 0 Å². The highest BCUT2D eigenvalue weighted by Crippen LogP contribution is 2.48. The molecule has 2 N–H and O–H groups in total. The number of nitrogens with one attached hydrogen (secondary N) is 1. The lowest BCUT2D eigenvalue weighted by Crippen LogP contribution is -2.63. The molecule has 0 radical (unpaired) electrons. The number of allylic oxidation sites excluding steroid dienone is 3. The molecule has 0 aliphatic carbocycles. The summed E-state index contributed by atoms with van der Waals surface area (Å²) in [5.74, 6) is 0.170. The molecule has 3 aliphatic rings. The van der Waals surface area contributed by atoms with Crippen molar-refractivity contribution >= 4 is 29.3 Å². The van der Waals surface area contributed by atoms with Crippen LogP contribution in [0.2, 0.25) is 5.02 Å². The SMILES string of the molecule is COc1cc2cc(c1Cl)N(C)C(=O)CCC1(C)OC1[C@H](C)C1C[C@@](O)(NC(=O)O1)[C@H](OC)/C=C/C=C(\C)C2. The number of fused-ring (bicyclic) bond motifs is 5. The molecule has 9 nitrogen and oxygen atoms in total. The molecule has 0 spiro atoms. The van der Waals surface area contributed by atoms with E-state index in [9.17, 15) is 14.7 Å². The molecule has 208 valence electrons. The predicted octanol–water partition coefficient (Wildman–Crippen LogP) is 4.15. The van der Waals surface area contributed by atoms with Crippen molar-refractivity contribution in [1.29, 1.82) is 0 Å². The molecule has 38 heavy (non-hydrogen) atoms. The molecule has 0 aromatic heterocycles. The van der Waals surface area contributed by atoms with Crippen LogP contribution in [-0.2, 0) is 25.4 Å². The van der Waals surface area contributed by atoms with E-state index < -0.39 is 29.6 Å². The third-order valence-corrected chi connectivity index (χ3v) is 8.22. The first-order chi connectivity index (χ1) is 17.9. The van der Waals surface area contributed by atoms with Gasteiger partial charge in [0, 0.05) is 32.9 Å². The van der Waals surface area contributed by atoms with Crippen LogP contribution in [-0.4, -0.2) is 68.0 Å². The van der Waals surface area contributed by atoms with Crippen LogP contribution >= 0.6 is 11.6 Å². The van der Waals surface area contributed by atoms with Crippen molar-refractivity contribution in [3.05, 3.63) is 46.5 Å². The Hall–Kier alpha value is -2.59. The molecule has 0 saturated carbocycles. The number of carbonyl (C=O) groups excluding carboxylic acids is 2. The minimum Gasteiger partial charge on any atom is -0.495 e. The zero-order valence-corrected chi connectivity index (χ0v) is 23.5. The van der Waals surface area contributed by atoms with E-state index in [1.807, 2.05) is 39.0 Å². The normalized spacial score (nSPS) is 36.3. The average Bonchev–Trinajstić information content (AvgIpc) is 3.55. The minimum absolute atomic E-state index is 0.104. The van der Waals surface area contributed by atoms with Crippen molar-refractivity contribution in [3.63, 3.8) is 0 Å². The summed E-state index contributed by atoms with van der Waals surface area (Å²) < 4.78 is 22.7. The van der Waals surface area contributed by atoms with Crippen LogP contribution in [0, 0.1) is 5.92 Å². The van der Waals surface area contributed by atoms with E-state index in [0.717, 1.165) is 11.1 Å². The van der Waals surface area contributed by atoms with Gasteiger partial charge in [0.1, 0.15) is 23.0 Å². The van der Waals surface area contributed by atoms with Crippen molar-refractivity contribution in [2.24, 2.45) is 5.92 Å². The quantitative estimate of drug-likeness (QED) is 0.534. The summed E-state index contributed by atoms with van der Waals surface area (Å²) in [6, 6.07) is 3.76. The molecular formula is C28H37ClN2O7. The van der Waals surface area contributed by atoms with E-state index in [2.05, 4.69) is 5.32 Å². The van der Waals surface area contributed by atoms with Crippen LogP contribution in [0.1, 0.15) is 45.6 Å². The number of ether oxygens (including phenoxy) is 4. The Bertz CT molecular complexity index is 1150. The number of hydrogen-bond acceptors (Lipinski definition) is 7. The highest BCUT2D eigenvalue weighted by atomic mass is 35.5. The molecule has 1 aromatic carbocycles.